The minimum Gasteiger partial charge on any atom is -0.298 e. The van der Waals surface area contributed by atoms with Gasteiger partial charge in [-0.05, 0) is 35.6 Å². The van der Waals surface area contributed by atoms with Crippen molar-refractivity contribution >= 4 is 50.1 Å². The average Bonchev–Trinajstić information content (AvgIpc) is 3.59. The Hall–Kier alpha value is -3.82. The first-order chi connectivity index (χ1) is 17.6. The number of nitrogens with zero attached hydrogens (tertiary/aromatic N) is 4. The number of hydrogen-bond acceptors (Lipinski definition) is 7. The highest BCUT2D eigenvalue weighted by Gasteiger charge is 2.33. The van der Waals surface area contributed by atoms with Crippen LogP contribution >= 0.6 is 23.1 Å². The molecule has 36 heavy (non-hydrogen) atoms. The van der Waals surface area contributed by atoms with Crippen molar-refractivity contribution in [2.75, 3.05) is 11.1 Å². The van der Waals surface area contributed by atoms with E-state index in [-0.39, 0.29) is 16.9 Å². The molecule has 1 N–H and O–H groups in total. The summed E-state index contributed by atoms with van der Waals surface area (Å²) in [5.41, 5.74) is 2.93. The Labute approximate surface area is 216 Å². The Morgan fingerprint density at radius 1 is 0.972 bits per heavy atom. The summed E-state index contributed by atoms with van der Waals surface area (Å²) in [6.07, 6.45) is 3.02. The number of ketones is 1. The molecule has 0 spiro atoms. The zero-order valence-electron chi connectivity index (χ0n) is 19.4. The summed E-state index contributed by atoms with van der Waals surface area (Å²) in [5, 5.41) is 7.54. The van der Waals surface area contributed by atoms with Gasteiger partial charge in [-0.25, -0.2) is 14.6 Å². The van der Waals surface area contributed by atoms with E-state index < -0.39 is 6.04 Å². The maximum absolute atomic E-state index is 13.6. The molecular formula is C27H23N5O2S2. The molecule has 0 aliphatic rings. The van der Waals surface area contributed by atoms with Crippen molar-refractivity contribution in [3.05, 3.63) is 108 Å². The van der Waals surface area contributed by atoms with Gasteiger partial charge in [0.2, 0.25) is 0 Å². The molecule has 0 fully saturated rings. The van der Waals surface area contributed by atoms with Crippen LogP contribution in [0.1, 0.15) is 44.5 Å². The number of aromatic nitrogens is 4. The second-order valence-corrected chi connectivity index (χ2v) is 10.4. The van der Waals surface area contributed by atoms with Crippen LogP contribution in [0.4, 0.5) is 5.13 Å². The predicted octanol–water partition coefficient (Wildman–Crippen LogP) is 6.06. The number of carbonyl (C=O) groups excluding carboxylic acids is 2. The van der Waals surface area contributed by atoms with Gasteiger partial charge in [0.15, 0.2) is 10.9 Å². The van der Waals surface area contributed by atoms with Gasteiger partial charge >= 0.3 is 0 Å². The lowest BCUT2D eigenvalue weighted by Crippen LogP contribution is -2.26. The van der Waals surface area contributed by atoms with Gasteiger partial charge in [0.05, 0.1) is 15.5 Å². The smallest absolute Gasteiger partial charge is 0.257 e. The van der Waals surface area contributed by atoms with Crippen molar-refractivity contribution < 1.29 is 9.59 Å². The molecule has 1 amide bonds. The van der Waals surface area contributed by atoms with Crippen LogP contribution in [-0.2, 0) is 0 Å². The van der Waals surface area contributed by atoms with Crippen LogP contribution in [-0.4, -0.2) is 37.2 Å². The molecule has 2 unspecified atom stereocenters. The van der Waals surface area contributed by atoms with Crippen LogP contribution in [0, 0.1) is 0 Å². The number of hydrogen-bond donors (Lipinski definition) is 1. The molecule has 0 saturated heterocycles. The van der Waals surface area contributed by atoms with Crippen LogP contribution in [0.3, 0.4) is 0 Å². The Morgan fingerprint density at radius 2 is 1.72 bits per heavy atom. The highest BCUT2D eigenvalue weighted by atomic mass is 32.2. The van der Waals surface area contributed by atoms with Crippen LogP contribution in [0.15, 0.2) is 91.5 Å². The van der Waals surface area contributed by atoms with Crippen molar-refractivity contribution in [2.24, 2.45) is 0 Å². The molecule has 9 heteroatoms. The Kier molecular flexibility index (Phi) is 7.20. The van der Waals surface area contributed by atoms with Gasteiger partial charge < -0.3 is 0 Å². The van der Waals surface area contributed by atoms with E-state index in [1.54, 1.807) is 34.9 Å². The number of Topliss-reactive ketones (excluding diaryl/α,β-unsaturated/α-hetero) is 1. The molecule has 3 aromatic carbocycles. The molecule has 0 aliphatic carbocycles. The number of anilines is 1. The van der Waals surface area contributed by atoms with E-state index in [9.17, 15) is 9.59 Å². The van der Waals surface area contributed by atoms with E-state index in [0.717, 1.165) is 21.5 Å². The van der Waals surface area contributed by atoms with Crippen molar-refractivity contribution in [3.63, 3.8) is 0 Å². The van der Waals surface area contributed by atoms with Crippen molar-refractivity contribution in [1.82, 2.24) is 19.7 Å². The monoisotopic (exact) mass is 513 g/mol. The number of nitrogens with one attached hydrogen (secondary N) is 1. The maximum Gasteiger partial charge on any atom is 0.257 e. The molecule has 0 saturated carbocycles. The van der Waals surface area contributed by atoms with Crippen LogP contribution in [0.2, 0.25) is 0 Å². The molecule has 0 radical (unpaired) electrons. The second kappa shape index (κ2) is 10.8. The minimum atomic E-state index is -0.581. The zero-order chi connectivity index (χ0) is 24.9. The predicted molar refractivity (Wildman–Crippen MR) is 145 cm³/mol. The average molecular weight is 514 g/mol. The first kappa shape index (κ1) is 23.9. The number of fused-ring (bicyclic) bond motifs is 1. The lowest BCUT2D eigenvalue weighted by Gasteiger charge is -2.26. The van der Waals surface area contributed by atoms with Crippen molar-refractivity contribution in [1.29, 1.82) is 0 Å². The number of thioether (sulfide) groups is 1. The Balaban J connectivity index is 1.41. The van der Waals surface area contributed by atoms with Crippen LogP contribution in [0.5, 0.6) is 0 Å². The van der Waals surface area contributed by atoms with Gasteiger partial charge in [0.1, 0.15) is 18.7 Å². The topological polar surface area (TPSA) is 89.8 Å². The normalized spacial score (nSPS) is 12.8. The molecule has 7 nitrogen and oxygen atoms in total. The fraction of sp³-hybridized carbons (Fsp3) is 0.148. The third-order valence-corrected chi connectivity index (χ3v) is 7.87. The summed E-state index contributed by atoms with van der Waals surface area (Å²) in [5.74, 6) is 0.538. The molecule has 0 bridgehead atoms. The van der Waals surface area contributed by atoms with Gasteiger partial charge in [-0.2, -0.15) is 16.9 Å². The van der Waals surface area contributed by atoms with E-state index >= 15 is 0 Å². The number of carbonyl (C=O) groups is 2. The third-order valence-electron chi connectivity index (χ3n) is 5.70. The Bertz CT molecular complexity index is 1430. The lowest BCUT2D eigenvalue weighted by atomic mass is 9.96. The molecule has 5 rings (SSSR count). The van der Waals surface area contributed by atoms with Gasteiger partial charge in [0, 0.05) is 11.1 Å². The highest BCUT2D eigenvalue weighted by molar-refractivity contribution is 7.99. The quantitative estimate of drug-likeness (QED) is 0.241. The number of rotatable bonds is 9. The maximum atomic E-state index is 13.6. The SMILES string of the molecule is CCSC(c1ccc(C(=O)Nc2nc3ccccc3s2)cc1)C(C(=O)c1ccccc1)n1cncn1. The summed E-state index contributed by atoms with van der Waals surface area (Å²) in [6, 6.07) is 23.8. The minimum absolute atomic E-state index is 0.0373. The Morgan fingerprint density at radius 3 is 2.42 bits per heavy atom. The van der Waals surface area contributed by atoms with Gasteiger partial charge in [0.25, 0.3) is 5.91 Å². The number of thiazole rings is 1. The molecule has 5 aromatic rings. The number of amides is 1. The lowest BCUT2D eigenvalue weighted by molar-refractivity contribution is 0.0914. The fourth-order valence-corrected chi connectivity index (χ4v) is 6.00. The van der Waals surface area contributed by atoms with Crippen LogP contribution in [0.25, 0.3) is 10.2 Å². The number of para-hydroxylation sites is 1. The van der Waals surface area contributed by atoms with Crippen LogP contribution < -0.4 is 5.32 Å². The van der Waals surface area contributed by atoms with Crippen molar-refractivity contribution in [2.45, 2.75) is 18.2 Å². The molecule has 2 atom stereocenters. The number of benzene rings is 3. The van der Waals surface area contributed by atoms with Gasteiger partial charge in [-0.15, -0.1) is 0 Å². The first-order valence-electron chi connectivity index (χ1n) is 11.5. The standard InChI is InChI=1S/C27H23N5O2S2/c1-2-35-25(23(32-17-28-16-29-32)24(33)18-8-4-3-5-9-18)19-12-14-20(15-13-19)26(34)31-27-30-21-10-6-7-11-22(21)36-27/h3-17,23,25H,2H2,1H3,(H,30,31,34). The largest absolute Gasteiger partial charge is 0.298 e. The third kappa shape index (κ3) is 5.07. The molecule has 2 heterocycles. The fourth-order valence-electron chi connectivity index (χ4n) is 4.00. The highest BCUT2D eigenvalue weighted by Crippen LogP contribution is 2.40. The van der Waals surface area contributed by atoms with E-state index in [2.05, 4.69) is 27.3 Å². The summed E-state index contributed by atoms with van der Waals surface area (Å²) in [4.78, 5) is 35.1. The van der Waals surface area contributed by atoms with E-state index in [4.69, 9.17) is 0 Å². The van der Waals surface area contributed by atoms with Gasteiger partial charge in [-0.1, -0.05) is 72.9 Å². The summed E-state index contributed by atoms with van der Waals surface area (Å²) in [7, 11) is 0. The zero-order valence-corrected chi connectivity index (χ0v) is 21.1. The van der Waals surface area contributed by atoms with Crippen molar-refractivity contribution in [3.8, 4) is 0 Å². The van der Waals surface area contributed by atoms with E-state index in [1.807, 2.05) is 66.7 Å². The van der Waals surface area contributed by atoms with Gasteiger partial charge in [-0.3, -0.25) is 14.9 Å². The first-order valence-corrected chi connectivity index (χ1v) is 13.3. The molecule has 180 valence electrons. The molecule has 2 aromatic heterocycles. The summed E-state index contributed by atoms with van der Waals surface area (Å²) < 4.78 is 2.64. The molecule has 0 aliphatic heterocycles. The van der Waals surface area contributed by atoms with E-state index in [0.29, 0.717) is 16.3 Å². The van der Waals surface area contributed by atoms with E-state index in [1.165, 1.54) is 17.7 Å². The second-order valence-electron chi connectivity index (χ2n) is 7.99. The summed E-state index contributed by atoms with van der Waals surface area (Å²) in [6.45, 7) is 2.06. The molecular weight excluding hydrogens is 490 g/mol. The summed E-state index contributed by atoms with van der Waals surface area (Å²) >= 11 is 3.10.